The van der Waals surface area contributed by atoms with E-state index >= 15 is 0 Å². The third-order valence-corrected chi connectivity index (χ3v) is 3.44. The van der Waals surface area contributed by atoms with Crippen molar-refractivity contribution in [1.29, 1.82) is 0 Å². The number of carbonyl (C=O) groups is 1. The van der Waals surface area contributed by atoms with Gasteiger partial charge in [0.05, 0.1) is 17.9 Å². The molecule has 6 heteroatoms. The summed E-state index contributed by atoms with van der Waals surface area (Å²) in [7, 11) is 0. The summed E-state index contributed by atoms with van der Waals surface area (Å²) in [5.41, 5.74) is 0.585. The van der Waals surface area contributed by atoms with E-state index in [-0.39, 0.29) is 10.7 Å². The van der Waals surface area contributed by atoms with Crippen molar-refractivity contribution in [3.63, 3.8) is 0 Å². The fourth-order valence-electron chi connectivity index (χ4n) is 1.99. The van der Waals surface area contributed by atoms with E-state index < -0.39 is 11.7 Å². The van der Waals surface area contributed by atoms with Gasteiger partial charge in [-0.15, -0.1) is 0 Å². The highest BCUT2D eigenvalue weighted by Crippen LogP contribution is 2.23. The molecule has 0 bridgehead atoms. The normalized spacial score (nSPS) is 10.1. The Morgan fingerprint density at radius 1 is 1.17 bits per heavy atom. The van der Waals surface area contributed by atoms with Crippen molar-refractivity contribution in [2.24, 2.45) is 0 Å². The van der Waals surface area contributed by atoms with Crippen LogP contribution in [0, 0.1) is 5.82 Å². The van der Waals surface area contributed by atoms with E-state index in [0.29, 0.717) is 18.0 Å². The van der Waals surface area contributed by atoms with E-state index in [9.17, 15) is 9.18 Å². The quantitative estimate of drug-likeness (QED) is 0.610. The van der Waals surface area contributed by atoms with Gasteiger partial charge in [-0.2, -0.15) is 0 Å². The van der Waals surface area contributed by atoms with Gasteiger partial charge in [0.25, 0.3) is 5.91 Å². The van der Waals surface area contributed by atoms with E-state index in [4.69, 9.17) is 17.0 Å². The molecule has 0 aliphatic carbocycles. The van der Waals surface area contributed by atoms with Gasteiger partial charge in [0, 0.05) is 0 Å². The minimum absolute atomic E-state index is 0.0610. The fraction of sp³-hybridized carbons (Fsp3) is 0.222. The molecule has 2 aromatic rings. The van der Waals surface area contributed by atoms with E-state index in [1.807, 2.05) is 18.2 Å². The lowest BCUT2D eigenvalue weighted by Gasteiger charge is -2.14. The van der Waals surface area contributed by atoms with Crippen LogP contribution < -0.4 is 15.4 Å². The van der Waals surface area contributed by atoms with Crippen molar-refractivity contribution in [2.45, 2.75) is 19.8 Å². The van der Waals surface area contributed by atoms with Crippen molar-refractivity contribution in [2.75, 3.05) is 11.9 Å². The number of halogens is 1. The topological polar surface area (TPSA) is 50.4 Å². The van der Waals surface area contributed by atoms with Gasteiger partial charge in [-0.3, -0.25) is 10.1 Å². The van der Waals surface area contributed by atoms with Crippen molar-refractivity contribution < 1.29 is 13.9 Å². The van der Waals surface area contributed by atoms with Crippen molar-refractivity contribution >= 4 is 28.9 Å². The molecule has 0 radical (unpaired) electrons. The zero-order chi connectivity index (χ0) is 17.4. The Kier molecular flexibility index (Phi) is 6.69. The average Bonchev–Trinajstić information content (AvgIpc) is 2.57. The molecular weight excluding hydrogens is 327 g/mol. The monoisotopic (exact) mass is 346 g/mol. The van der Waals surface area contributed by atoms with Gasteiger partial charge in [-0.05, 0) is 42.9 Å². The van der Waals surface area contributed by atoms with Crippen LogP contribution in [0.4, 0.5) is 10.1 Å². The number of hydrogen-bond acceptors (Lipinski definition) is 3. The first-order chi connectivity index (χ1) is 11.6. The summed E-state index contributed by atoms with van der Waals surface area (Å²) in [5, 5.41) is 5.45. The van der Waals surface area contributed by atoms with Crippen LogP contribution in [-0.2, 0) is 0 Å². The molecule has 0 saturated heterocycles. The highest BCUT2D eigenvalue weighted by Gasteiger charge is 2.13. The molecule has 2 aromatic carbocycles. The standard InChI is InChI=1S/C18H19FN2O2S/c1-2-3-12-23-16-11-7-6-10-15(16)20-18(24)21-17(22)13-8-4-5-9-14(13)19/h4-11H,2-3,12H2,1H3,(H2,20,21,22,24). The molecule has 0 spiro atoms. The maximum Gasteiger partial charge on any atom is 0.260 e. The van der Waals surface area contributed by atoms with Gasteiger partial charge < -0.3 is 10.1 Å². The predicted octanol–water partition coefficient (Wildman–Crippen LogP) is 4.13. The molecule has 0 saturated carbocycles. The zero-order valence-corrected chi connectivity index (χ0v) is 14.2. The minimum Gasteiger partial charge on any atom is -0.491 e. The third kappa shape index (κ3) is 5.03. The van der Waals surface area contributed by atoms with E-state index in [1.54, 1.807) is 12.1 Å². The van der Waals surface area contributed by atoms with Crippen LogP contribution in [0.25, 0.3) is 0 Å². The Labute approximate surface area is 146 Å². The lowest BCUT2D eigenvalue weighted by molar-refractivity contribution is 0.0974. The first-order valence-electron chi connectivity index (χ1n) is 7.70. The van der Waals surface area contributed by atoms with Gasteiger partial charge in [0.2, 0.25) is 0 Å². The number of benzene rings is 2. The van der Waals surface area contributed by atoms with Crippen molar-refractivity contribution in [3.05, 3.63) is 59.9 Å². The Hall–Kier alpha value is -2.47. The Balaban J connectivity index is 2.00. The second-order valence-electron chi connectivity index (χ2n) is 5.09. The molecule has 2 N–H and O–H groups in total. The first-order valence-corrected chi connectivity index (χ1v) is 8.11. The molecule has 0 aromatic heterocycles. The molecule has 0 unspecified atom stereocenters. The van der Waals surface area contributed by atoms with Crippen LogP contribution in [0.3, 0.4) is 0 Å². The number of hydrogen-bond donors (Lipinski definition) is 2. The molecule has 126 valence electrons. The lowest BCUT2D eigenvalue weighted by atomic mass is 10.2. The number of ether oxygens (including phenoxy) is 1. The molecule has 2 rings (SSSR count). The second-order valence-corrected chi connectivity index (χ2v) is 5.49. The van der Waals surface area contributed by atoms with E-state index in [1.165, 1.54) is 18.2 Å². The van der Waals surface area contributed by atoms with Crippen LogP contribution in [0.15, 0.2) is 48.5 Å². The number of para-hydroxylation sites is 2. The molecule has 4 nitrogen and oxygen atoms in total. The van der Waals surface area contributed by atoms with Crippen LogP contribution >= 0.6 is 12.2 Å². The van der Waals surface area contributed by atoms with Crippen LogP contribution in [0.5, 0.6) is 5.75 Å². The summed E-state index contributed by atoms with van der Waals surface area (Å²) >= 11 is 5.13. The Bertz CT molecular complexity index is 722. The number of amides is 1. The number of carbonyl (C=O) groups excluding carboxylic acids is 1. The molecular formula is C18H19FN2O2S. The number of thiocarbonyl (C=S) groups is 1. The van der Waals surface area contributed by atoms with Gasteiger partial charge >= 0.3 is 0 Å². The summed E-state index contributed by atoms with van der Waals surface area (Å²) < 4.78 is 19.3. The van der Waals surface area contributed by atoms with Gasteiger partial charge in [-0.1, -0.05) is 37.6 Å². The fourth-order valence-corrected chi connectivity index (χ4v) is 2.19. The molecule has 0 heterocycles. The first kappa shape index (κ1) is 17.9. The summed E-state index contributed by atoms with van der Waals surface area (Å²) in [4.78, 5) is 12.1. The average molecular weight is 346 g/mol. The SMILES string of the molecule is CCCCOc1ccccc1NC(=S)NC(=O)c1ccccc1F. The second kappa shape index (κ2) is 8.98. The molecule has 0 aliphatic heterocycles. The van der Waals surface area contributed by atoms with E-state index in [0.717, 1.165) is 12.8 Å². The zero-order valence-electron chi connectivity index (χ0n) is 13.3. The largest absolute Gasteiger partial charge is 0.491 e. The van der Waals surface area contributed by atoms with Crippen LogP contribution in [0.1, 0.15) is 30.1 Å². The minimum atomic E-state index is -0.602. The van der Waals surface area contributed by atoms with Crippen LogP contribution in [0.2, 0.25) is 0 Å². The number of anilines is 1. The number of nitrogens with one attached hydrogen (secondary N) is 2. The maximum absolute atomic E-state index is 13.6. The van der Waals surface area contributed by atoms with E-state index in [2.05, 4.69) is 17.6 Å². The summed E-state index contributed by atoms with van der Waals surface area (Å²) in [6, 6.07) is 13.0. The highest BCUT2D eigenvalue weighted by atomic mass is 32.1. The Morgan fingerprint density at radius 3 is 2.62 bits per heavy atom. The summed E-state index contributed by atoms with van der Waals surface area (Å²) in [6.07, 6.45) is 1.98. The molecule has 0 atom stereocenters. The van der Waals surface area contributed by atoms with Gasteiger partial charge in [-0.25, -0.2) is 4.39 Å². The molecule has 1 amide bonds. The van der Waals surface area contributed by atoms with Crippen molar-refractivity contribution in [1.82, 2.24) is 5.32 Å². The maximum atomic E-state index is 13.6. The third-order valence-electron chi connectivity index (χ3n) is 3.24. The summed E-state index contributed by atoms with van der Waals surface area (Å²) in [5.74, 6) is -0.551. The lowest BCUT2D eigenvalue weighted by Crippen LogP contribution is -2.34. The molecule has 0 fully saturated rings. The van der Waals surface area contributed by atoms with Crippen molar-refractivity contribution in [3.8, 4) is 5.75 Å². The van der Waals surface area contributed by atoms with Gasteiger partial charge in [0.1, 0.15) is 11.6 Å². The number of unbranched alkanes of at least 4 members (excludes halogenated alkanes) is 1. The summed E-state index contributed by atoms with van der Waals surface area (Å²) in [6.45, 7) is 2.68. The Morgan fingerprint density at radius 2 is 1.88 bits per heavy atom. The van der Waals surface area contributed by atoms with Gasteiger partial charge in [0.15, 0.2) is 5.11 Å². The molecule has 24 heavy (non-hydrogen) atoms. The number of rotatable bonds is 6. The van der Waals surface area contributed by atoms with Crippen LogP contribution in [-0.4, -0.2) is 17.6 Å². The highest BCUT2D eigenvalue weighted by molar-refractivity contribution is 7.80. The predicted molar refractivity (Wildman–Crippen MR) is 96.9 cm³/mol. The smallest absolute Gasteiger partial charge is 0.260 e. The molecule has 0 aliphatic rings.